The Balaban J connectivity index is 1.74. The van der Waals surface area contributed by atoms with E-state index < -0.39 is 5.41 Å². The second-order valence-electron chi connectivity index (χ2n) is 7.21. The number of carbonyl (C=O) groups excluding carboxylic acids is 2. The minimum atomic E-state index is -0.393. The first-order valence-corrected chi connectivity index (χ1v) is 9.87. The third kappa shape index (κ3) is 3.90. The molecule has 1 N–H and O–H groups in total. The van der Waals surface area contributed by atoms with Gasteiger partial charge in [0.05, 0.1) is 10.9 Å². The van der Waals surface area contributed by atoms with Gasteiger partial charge in [0.25, 0.3) is 5.91 Å². The van der Waals surface area contributed by atoms with E-state index in [1.165, 1.54) is 22.9 Å². The fourth-order valence-electron chi connectivity index (χ4n) is 2.90. The van der Waals surface area contributed by atoms with E-state index in [2.05, 4.69) is 14.7 Å². The van der Waals surface area contributed by atoms with Gasteiger partial charge >= 0.3 is 0 Å². The monoisotopic (exact) mass is 378 g/mol. The van der Waals surface area contributed by atoms with Gasteiger partial charge in [0.1, 0.15) is 5.82 Å². The topological polar surface area (TPSA) is 75.2 Å². The Morgan fingerprint density at radius 1 is 1.32 bits per heavy atom. The van der Waals surface area contributed by atoms with Crippen LogP contribution in [0.15, 0.2) is 12.1 Å². The predicted octanol–water partition coefficient (Wildman–Crippen LogP) is 3.87. The van der Waals surface area contributed by atoms with Crippen LogP contribution in [0.1, 0.15) is 60.0 Å². The van der Waals surface area contributed by atoms with Crippen LogP contribution in [0.25, 0.3) is 0 Å². The fraction of sp³-hybridized carbons (Fsp3) is 0.529. The van der Waals surface area contributed by atoms with Crippen molar-refractivity contribution in [2.45, 2.75) is 46.6 Å². The minimum Gasteiger partial charge on any atom is -0.334 e. The Labute approximate surface area is 155 Å². The first kappa shape index (κ1) is 18.0. The summed E-state index contributed by atoms with van der Waals surface area (Å²) in [4.78, 5) is 32.9. The lowest BCUT2D eigenvalue weighted by Crippen LogP contribution is -2.38. The van der Waals surface area contributed by atoms with E-state index in [1.807, 2.05) is 37.8 Å². The lowest BCUT2D eigenvalue weighted by molar-refractivity contribution is -0.140. The van der Waals surface area contributed by atoms with Crippen LogP contribution < -0.4 is 5.32 Å². The number of hydrogen-bond acceptors (Lipinski definition) is 6. The summed E-state index contributed by atoms with van der Waals surface area (Å²) in [5.41, 5.74) is -0.393. The van der Waals surface area contributed by atoms with Crippen molar-refractivity contribution in [2.75, 3.05) is 11.9 Å². The van der Waals surface area contributed by atoms with Gasteiger partial charge in [0.2, 0.25) is 11.0 Å². The molecule has 0 bridgehead atoms. The lowest BCUT2D eigenvalue weighted by Gasteiger charge is -2.30. The number of rotatable bonds is 3. The molecular formula is C17H22N4O2S2. The smallest absolute Gasteiger partial charge is 0.267 e. The van der Waals surface area contributed by atoms with E-state index in [1.54, 1.807) is 6.92 Å². The minimum absolute atomic E-state index is 0.0713. The van der Waals surface area contributed by atoms with E-state index in [-0.39, 0.29) is 17.9 Å². The van der Waals surface area contributed by atoms with E-state index >= 15 is 0 Å². The zero-order valence-corrected chi connectivity index (χ0v) is 16.5. The SMILES string of the molecule is Cc1nsc(NC(=O)c2ccc([C@H]3CCCN3C(=O)C(C)(C)C)s2)n1. The number of thiophene rings is 1. The molecule has 6 nitrogen and oxygen atoms in total. The molecule has 3 heterocycles. The summed E-state index contributed by atoms with van der Waals surface area (Å²) in [6, 6.07) is 3.85. The van der Waals surface area contributed by atoms with Crippen LogP contribution in [0.2, 0.25) is 0 Å². The third-order valence-electron chi connectivity index (χ3n) is 4.08. The first-order chi connectivity index (χ1) is 11.8. The predicted molar refractivity (Wildman–Crippen MR) is 100 cm³/mol. The number of likely N-dealkylation sites (tertiary alicyclic amines) is 1. The number of carbonyl (C=O) groups is 2. The molecule has 1 aliphatic heterocycles. The Kier molecular flexibility index (Phi) is 4.92. The Morgan fingerprint density at radius 2 is 2.08 bits per heavy atom. The summed E-state index contributed by atoms with van der Waals surface area (Å²) in [6.07, 6.45) is 1.94. The molecule has 1 atom stereocenters. The van der Waals surface area contributed by atoms with Crippen LogP contribution >= 0.6 is 22.9 Å². The van der Waals surface area contributed by atoms with Gasteiger partial charge < -0.3 is 4.90 Å². The molecule has 8 heteroatoms. The normalized spacial score (nSPS) is 17.8. The van der Waals surface area contributed by atoms with Gasteiger partial charge in [-0.3, -0.25) is 14.9 Å². The Morgan fingerprint density at radius 3 is 2.72 bits per heavy atom. The van der Waals surface area contributed by atoms with Crippen molar-refractivity contribution in [2.24, 2.45) is 5.41 Å². The van der Waals surface area contributed by atoms with E-state index in [4.69, 9.17) is 0 Å². The van der Waals surface area contributed by atoms with Gasteiger partial charge in [-0.05, 0) is 31.9 Å². The molecule has 134 valence electrons. The molecule has 3 rings (SSSR count). The molecule has 0 radical (unpaired) electrons. The van der Waals surface area contributed by atoms with E-state index in [9.17, 15) is 9.59 Å². The van der Waals surface area contributed by atoms with Crippen molar-refractivity contribution in [3.63, 3.8) is 0 Å². The summed E-state index contributed by atoms with van der Waals surface area (Å²) in [5.74, 6) is 0.632. The number of nitrogens with one attached hydrogen (secondary N) is 1. The molecule has 2 amide bonds. The molecule has 0 spiro atoms. The summed E-state index contributed by atoms with van der Waals surface area (Å²) < 4.78 is 4.06. The highest BCUT2D eigenvalue weighted by Crippen LogP contribution is 2.38. The number of aromatic nitrogens is 2. The van der Waals surface area contributed by atoms with Gasteiger partial charge in [-0.2, -0.15) is 4.37 Å². The molecule has 2 aromatic rings. The second-order valence-corrected chi connectivity index (χ2v) is 9.08. The lowest BCUT2D eigenvalue weighted by atomic mass is 9.94. The van der Waals surface area contributed by atoms with Crippen LogP contribution in [-0.2, 0) is 4.79 Å². The molecule has 25 heavy (non-hydrogen) atoms. The van der Waals surface area contributed by atoms with Gasteiger partial charge in [-0.1, -0.05) is 20.8 Å². The van der Waals surface area contributed by atoms with Crippen LogP contribution in [-0.4, -0.2) is 32.6 Å². The molecule has 1 fully saturated rings. The van der Waals surface area contributed by atoms with Crippen molar-refractivity contribution >= 4 is 39.8 Å². The maximum absolute atomic E-state index is 12.7. The zero-order chi connectivity index (χ0) is 18.2. The van der Waals surface area contributed by atoms with Crippen molar-refractivity contribution < 1.29 is 9.59 Å². The van der Waals surface area contributed by atoms with E-state index in [0.717, 1.165) is 24.3 Å². The Bertz CT molecular complexity index is 791. The zero-order valence-electron chi connectivity index (χ0n) is 14.8. The van der Waals surface area contributed by atoms with Gasteiger partial charge in [0, 0.05) is 28.4 Å². The van der Waals surface area contributed by atoms with Crippen LogP contribution in [0, 0.1) is 12.3 Å². The summed E-state index contributed by atoms with van der Waals surface area (Å²) >= 11 is 2.62. The molecule has 0 saturated carbocycles. The fourth-order valence-corrected chi connectivity index (χ4v) is 4.52. The van der Waals surface area contributed by atoms with Crippen molar-refractivity contribution in [3.05, 3.63) is 27.7 Å². The summed E-state index contributed by atoms with van der Waals surface area (Å²) in [6.45, 7) is 8.41. The van der Waals surface area contributed by atoms with Crippen molar-refractivity contribution in [1.29, 1.82) is 0 Å². The largest absolute Gasteiger partial charge is 0.334 e. The molecule has 1 aliphatic rings. The second kappa shape index (κ2) is 6.84. The molecule has 2 aromatic heterocycles. The quantitative estimate of drug-likeness (QED) is 0.880. The van der Waals surface area contributed by atoms with Crippen LogP contribution in [0.4, 0.5) is 5.13 Å². The molecule has 1 saturated heterocycles. The molecule has 0 aliphatic carbocycles. The number of aryl methyl sites for hydroxylation is 1. The van der Waals surface area contributed by atoms with Crippen molar-refractivity contribution in [1.82, 2.24) is 14.3 Å². The highest BCUT2D eigenvalue weighted by molar-refractivity contribution is 7.14. The van der Waals surface area contributed by atoms with Gasteiger partial charge in [-0.25, -0.2) is 4.98 Å². The number of amides is 2. The first-order valence-electron chi connectivity index (χ1n) is 8.28. The average molecular weight is 379 g/mol. The maximum Gasteiger partial charge on any atom is 0.267 e. The number of hydrogen-bond donors (Lipinski definition) is 1. The number of nitrogens with zero attached hydrogens (tertiary/aromatic N) is 3. The Hall–Kier alpha value is -1.80. The standard InChI is InChI=1S/C17H22N4O2S2/c1-10-18-16(25-20-10)19-14(22)13-8-7-12(24-13)11-6-5-9-21(11)15(23)17(2,3)4/h7-8,11H,5-6,9H2,1-4H3,(H,18,19,20,22)/t11-/m1/s1. The van der Waals surface area contributed by atoms with Crippen LogP contribution in [0.3, 0.4) is 0 Å². The number of anilines is 1. The summed E-state index contributed by atoms with van der Waals surface area (Å²) in [5, 5.41) is 3.28. The highest BCUT2D eigenvalue weighted by atomic mass is 32.1. The van der Waals surface area contributed by atoms with Crippen LogP contribution in [0.5, 0.6) is 0 Å². The molecule has 0 unspecified atom stereocenters. The third-order valence-corrected chi connectivity index (χ3v) is 5.99. The maximum atomic E-state index is 12.7. The molecule has 0 aromatic carbocycles. The average Bonchev–Trinajstić information content (AvgIpc) is 3.24. The van der Waals surface area contributed by atoms with Crippen molar-refractivity contribution in [3.8, 4) is 0 Å². The summed E-state index contributed by atoms with van der Waals surface area (Å²) in [7, 11) is 0. The molecular weight excluding hydrogens is 356 g/mol. The van der Waals surface area contributed by atoms with Gasteiger partial charge in [-0.15, -0.1) is 11.3 Å². The van der Waals surface area contributed by atoms with Gasteiger partial charge in [0.15, 0.2) is 0 Å². The highest BCUT2D eigenvalue weighted by Gasteiger charge is 2.36. The van der Waals surface area contributed by atoms with E-state index in [0.29, 0.717) is 15.8 Å².